The van der Waals surface area contributed by atoms with Crippen LogP contribution in [-0.2, 0) is 27.4 Å². The fourth-order valence-electron chi connectivity index (χ4n) is 3.31. The van der Waals surface area contributed by atoms with Crippen LogP contribution >= 0.6 is 0 Å². The Labute approximate surface area is 211 Å². The van der Waals surface area contributed by atoms with Gasteiger partial charge in [0, 0.05) is 12.1 Å². The van der Waals surface area contributed by atoms with E-state index in [4.69, 9.17) is 9.84 Å². The second kappa shape index (κ2) is 10.9. The molecule has 0 bridgehead atoms. The van der Waals surface area contributed by atoms with E-state index >= 15 is 0 Å². The zero-order valence-electron chi connectivity index (χ0n) is 19.7. The van der Waals surface area contributed by atoms with Gasteiger partial charge in [-0.2, -0.15) is 13.2 Å². The highest BCUT2D eigenvalue weighted by Gasteiger charge is 2.32. The summed E-state index contributed by atoms with van der Waals surface area (Å²) < 4.78 is 74.2. The molecule has 0 heterocycles. The lowest BCUT2D eigenvalue weighted by Crippen LogP contribution is -2.23. The molecular weight excluding hydrogens is 513 g/mol. The summed E-state index contributed by atoms with van der Waals surface area (Å²) in [4.78, 5) is 23.3. The Morgan fingerprint density at radius 1 is 1.00 bits per heavy atom. The molecule has 8 nitrogen and oxygen atoms in total. The number of amides is 1. The Hall–Kier alpha value is -4.06. The molecule has 0 fully saturated rings. The van der Waals surface area contributed by atoms with Crippen LogP contribution in [0.5, 0.6) is 11.5 Å². The van der Waals surface area contributed by atoms with Crippen molar-refractivity contribution in [1.29, 1.82) is 0 Å². The number of carboxylic acid groups (broad SMARTS) is 1. The van der Waals surface area contributed by atoms with Crippen molar-refractivity contribution in [2.24, 2.45) is 0 Å². The summed E-state index contributed by atoms with van der Waals surface area (Å²) in [5, 5.41) is 11.6. The maximum atomic E-state index is 13.4. The fourth-order valence-corrected chi connectivity index (χ4v) is 4.37. The number of sulfonamides is 1. The van der Waals surface area contributed by atoms with Gasteiger partial charge >= 0.3 is 12.1 Å². The van der Waals surface area contributed by atoms with E-state index in [9.17, 15) is 31.2 Å². The summed E-state index contributed by atoms with van der Waals surface area (Å²) in [6, 6.07) is 12.1. The normalized spacial score (nSPS) is 11.6. The van der Waals surface area contributed by atoms with Gasteiger partial charge < -0.3 is 15.2 Å². The molecule has 196 valence electrons. The molecule has 12 heteroatoms. The molecule has 1 amide bonds. The number of alkyl halides is 3. The van der Waals surface area contributed by atoms with Crippen LogP contribution in [0.25, 0.3) is 0 Å². The van der Waals surface area contributed by atoms with Gasteiger partial charge in [-0.3, -0.25) is 14.3 Å². The molecule has 0 saturated heterocycles. The van der Waals surface area contributed by atoms with Crippen LogP contribution in [0.2, 0.25) is 0 Å². The van der Waals surface area contributed by atoms with Gasteiger partial charge in [0.05, 0.1) is 22.6 Å². The van der Waals surface area contributed by atoms with Crippen molar-refractivity contribution in [2.45, 2.75) is 31.3 Å². The quantitative estimate of drug-likeness (QED) is 0.355. The highest BCUT2D eigenvalue weighted by atomic mass is 32.2. The summed E-state index contributed by atoms with van der Waals surface area (Å²) in [7, 11) is -4.17. The number of aliphatic carboxylic acids is 1. The molecule has 0 aliphatic heterocycles. The number of halogens is 3. The lowest BCUT2D eigenvalue weighted by molar-refractivity contribution is -0.138. The van der Waals surface area contributed by atoms with Crippen molar-refractivity contribution < 1.29 is 41.0 Å². The highest BCUT2D eigenvalue weighted by molar-refractivity contribution is 7.92. The van der Waals surface area contributed by atoms with E-state index in [-0.39, 0.29) is 33.2 Å². The van der Waals surface area contributed by atoms with E-state index in [2.05, 4.69) is 10.0 Å². The maximum Gasteiger partial charge on any atom is 0.416 e. The Kier molecular flexibility index (Phi) is 8.12. The first-order valence-electron chi connectivity index (χ1n) is 10.9. The number of nitrogens with one attached hydrogen (secondary N) is 2. The second-order valence-corrected chi connectivity index (χ2v) is 9.71. The highest BCUT2D eigenvalue weighted by Crippen LogP contribution is 2.37. The first kappa shape index (κ1) is 27.5. The molecular formula is C25H23F3N2O6S. The van der Waals surface area contributed by atoms with Crippen LogP contribution in [0.3, 0.4) is 0 Å². The van der Waals surface area contributed by atoms with Crippen molar-refractivity contribution in [2.75, 3.05) is 11.3 Å². The molecule has 37 heavy (non-hydrogen) atoms. The minimum atomic E-state index is -4.79. The third kappa shape index (κ3) is 7.23. The van der Waals surface area contributed by atoms with Gasteiger partial charge in [-0.05, 0) is 67.9 Å². The average molecular weight is 537 g/mol. The molecule has 0 saturated carbocycles. The number of hydrogen-bond acceptors (Lipinski definition) is 5. The first-order valence-corrected chi connectivity index (χ1v) is 12.4. The number of carbonyl (C=O) groups excluding carboxylic acids is 1. The van der Waals surface area contributed by atoms with Crippen LogP contribution < -0.4 is 14.8 Å². The number of ether oxygens (including phenoxy) is 1. The van der Waals surface area contributed by atoms with Crippen LogP contribution in [0.4, 0.5) is 18.9 Å². The maximum absolute atomic E-state index is 13.4. The SMILES string of the molecule is CCNC(=O)c1ccc(Oc2cc(CC(=O)O)cc(C(F)(F)F)c2)c(NS(=O)(=O)c2ccc(C)cc2)c1. The molecule has 0 unspecified atom stereocenters. The zero-order valence-corrected chi connectivity index (χ0v) is 20.5. The summed E-state index contributed by atoms with van der Waals surface area (Å²) in [5.41, 5.74) is -0.615. The van der Waals surface area contributed by atoms with Gasteiger partial charge in [-0.15, -0.1) is 0 Å². The second-order valence-electron chi connectivity index (χ2n) is 8.02. The van der Waals surface area contributed by atoms with Gasteiger partial charge in [0.25, 0.3) is 15.9 Å². The lowest BCUT2D eigenvalue weighted by atomic mass is 10.1. The molecule has 3 aromatic rings. The molecule has 0 spiro atoms. The van der Waals surface area contributed by atoms with Crippen molar-refractivity contribution >= 4 is 27.6 Å². The Morgan fingerprint density at radius 2 is 1.68 bits per heavy atom. The largest absolute Gasteiger partial charge is 0.481 e. The molecule has 0 aromatic heterocycles. The number of benzene rings is 3. The Morgan fingerprint density at radius 3 is 2.27 bits per heavy atom. The minimum Gasteiger partial charge on any atom is -0.481 e. The van der Waals surface area contributed by atoms with Crippen molar-refractivity contribution in [1.82, 2.24) is 5.32 Å². The number of carbonyl (C=O) groups is 2. The van der Waals surface area contributed by atoms with Crippen molar-refractivity contribution in [3.63, 3.8) is 0 Å². The molecule has 3 N–H and O–H groups in total. The smallest absolute Gasteiger partial charge is 0.416 e. The van der Waals surface area contributed by atoms with E-state index in [1.54, 1.807) is 26.0 Å². The first-order chi connectivity index (χ1) is 17.3. The fraction of sp³-hybridized carbons (Fsp3) is 0.200. The van der Waals surface area contributed by atoms with E-state index in [0.717, 1.165) is 11.6 Å². The standard InChI is InChI=1S/C25H23F3N2O6S/c1-3-29-24(33)17-6-9-22(21(13-17)30-37(34,35)20-7-4-15(2)5-8-20)36-19-11-16(12-23(31)32)10-18(14-19)25(26,27)28/h4-11,13-14,30H,3,12H2,1-2H3,(H,29,33)(H,31,32). The Balaban J connectivity index is 2.08. The monoisotopic (exact) mass is 536 g/mol. The van der Waals surface area contributed by atoms with E-state index in [1.807, 2.05) is 0 Å². The molecule has 0 aliphatic rings. The molecule has 0 radical (unpaired) electrons. The van der Waals surface area contributed by atoms with Crippen LogP contribution in [-0.4, -0.2) is 31.9 Å². The topological polar surface area (TPSA) is 122 Å². The van der Waals surface area contributed by atoms with E-state index in [1.165, 1.54) is 30.3 Å². The van der Waals surface area contributed by atoms with Gasteiger partial charge in [0.2, 0.25) is 0 Å². The van der Waals surface area contributed by atoms with Crippen molar-refractivity contribution in [3.8, 4) is 11.5 Å². The van der Waals surface area contributed by atoms with Crippen LogP contribution in [0.1, 0.15) is 34.0 Å². The average Bonchev–Trinajstić information content (AvgIpc) is 2.79. The number of carboxylic acids is 1. The lowest BCUT2D eigenvalue weighted by Gasteiger charge is -2.17. The van der Waals surface area contributed by atoms with Crippen molar-refractivity contribution in [3.05, 3.63) is 82.9 Å². The van der Waals surface area contributed by atoms with Crippen LogP contribution in [0, 0.1) is 6.92 Å². The molecule has 0 atom stereocenters. The van der Waals surface area contributed by atoms with Gasteiger partial charge in [0.15, 0.2) is 5.75 Å². The molecule has 3 rings (SSSR count). The predicted molar refractivity (Wildman–Crippen MR) is 129 cm³/mol. The van der Waals surface area contributed by atoms with Crippen LogP contribution in [0.15, 0.2) is 65.6 Å². The number of anilines is 1. The summed E-state index contributed by atoms with van der Waals surface area (Å²) in [6.45, 7) is 3.77. The predicted octanol–water partition coefficient (Wildman–Crippen LogP) is 4.98. The van der Waals surface area contributed by atoms with Gasteiger partial charge in [0.1, 0.15) is 5.75 Å². The van der Waals surface area contributed by atoms with E-state index < -0.39 is 40.1 Å². The van der Waals surface area contributed by atoms with E-state index in [0.29, 0.717) is 18.7 Å². The molecule has 3 aromatic carbocycles. The summed E-state index contributed by atoms with van der Waals surface area (Å²) in [5.74, 6) is -2.42. The van der Waals surface area contributed by atoms with Gasteiger partial charge in [-0.1, -0.05) is 17.7 Å². The zero-order chi connectivity index (χ0) is 27.4. The third-order valence-electron chi connectivity index (χ3n) is 5.03. The molecule has 0 aliphatic carbocycles. The minimum absolute atomic E-state index is 0.0754. The number of aryl methyl sites for hydroxylation is 1. The third-order valence-corrected chi connectivity index (χ3v) is 6.41. The van der Waals surface area contributed by atoms with Gasteiger partial charge in [-0.25, -0.2) is 8.42 Å². The number of rotatable bonds is 9. The number of hydrogen-bond donors (Lipinski definition) is 3. The Bertz CT molecular complexity index is 1420. The summed E-state index contributed by atoms with van der Waals surface area (Å²) in [6.07, 6.45) is -5.48. The summed E-state index contributed by atoms with van der Waals surface area (Å²) >= 11 is 0.